The summed E-state index contributed by atoms with van der Waals surface area (Å²) in [5.74, 6) is 1.29. The van der Waals surface area contributed by atoms with Crippen molar-refractivity contribution in [2.24, 2.45) is 11.3 Å². The van der Waals surface area contributed by atoms with E-state index in [0.717, 1.165) is 12.3 Å². The van der Waals surface area contributed by atoms with Crippen LogP contribution in [-0.2, 0) is 4.79 Å². The highest BCUT2D eigenvalue weighted by molar-refractivity contribution is 5.95. The Morgan fingerprint density at radius 3 is 3.20 bits per heavy atom. The van der Waals surface area contributed by atoms with E-state index in [2.05, 4.69) is 0 Å². The first-order chi connectivity index (χ1) is 4.81. The number of hydrogen-bond donors (Lipinski definition) is 0. The van der Waals surface area contributed by atoms with Gasteiger partial charge in [0.25, 0.3) is 0 Å². The summed E-state index contributed by atoms with van der Waals surface area (Å²) in [5, 5.41) is 0. The van der Waals surface area contributed by atoms with Crippen LogP contribution < -0.4 is 0 Å². The summed E-state index contributed by atoms with van der Waals surface area (Å²) in [6, 6.07) is 0. The number of ketones is 1. The highest BCUT2D eigenvalue weighted by Crippen LogP contribution is 2.70. The molecule has 0 aromatic rings. The molecule has 2 unspecified atom stereocenters. The molecular formula is C9H10O. The second kappa shape index (κ2) is 1.23. The quantitative estimate of drug-likeness (QED) is 0.492. The predicted molar refractivity (Wildman–Crippen MR) is 37.5 cm³/mol. The zero-order valence-electron chi connectivity index (χ0n) is 5.89. The van der Waals surface area contributed by atoms with Gasteiger partial charge in [0.1, 0.15) is 0 Å². The molecule has 0 N–H and O–H groups in total. The van der Waals surface area contributed by atoms with E-state index >= 15 is 0 Å². The summed E-state index contributed by atoms with van der Waals surface area (Å²) in [4.78, 5) is 11.0. The van der Waals surface area contributed by atoms with Crippen molar-refractivity contribution in [2.75, 3.05) is 0 Å². The van der Waals surface area contributed by atoms with Gasteiger partial charge in [-0.3, -0.25) is 4.79 Å². The summed E-state index contributed by atoms with van der Waals surface area (Å²) in [6.45, 7) is 0. The van der Waals surface area contributed by atoms with Gasteiger partial charge in [-0.15, -0.1) is 0 Å². The molecule has 3 aliphatic rings. The lowest BCUT2D eigenvalue weighted by molar-refractivity contribution is -0.114. The summed E-state index contributed by atoms with van der Waals surface area (Å²) >= 11 is 0. The van der Waals surface area contributed by atoms with E-state index in [-0.39, 0.29) is 0 Å². The highest BCUT2D eigenvalue weighted by Gasteiger charge is 2.62. The van der Waals surface area contributed by atoms with Crippen LogP contribution in [0.15, 0.2) is 11.6 Å². The van der Waals surface area contributed by atoms with Gasteiger partial charge in [0.15, 0.2) is 5.78 Å². The molecule has 2 atom stereocenters. The van der Waals surface area contributed by atoms with Gasteiger partial charge in [0, 0.05) is 11.8 Å². The van der Waals surface area contributed by atoms with E-state index in [9.17, 15) is 4.79 Å². The van der Waals surface area contributed by atoms with Crippen LogP contribution in [0.3, 0.4) is 0 Å². The molecule has 3 aliphatic carbocycles. The van der Waals surface area contributed by atoms with Crippen molar-refractivity contribution >= 4 is 5.78 Å². The van der Waals surface area contributed by atoms with Crippen molar-refractivity contribution in [3.8, 4) is 0 Å². The molecule has 52 valence electrons. The van der Waals surface area contributed by atoms with Crippen LogP contribution in [0.4, 0.5) is 0 Å². The van der Waals surface area contributed by atoms with E-state index < -0.39 is 0 Å². The molecule has 0 saturated heterocycles. The van der Waals surface area contributed by atoms with Gasteiger partial charge in [-0.1, -0.05) is 5.57 Å². The van der Waals surface area contributed by atoms with Crippen molar-refractivity contribution in [1.29, 1.82) is 0 Å². The number of carbonyl (C=O) groups excluding carboxylic acids is 1. The van der Waals surface area contributed by atoms with Crippen LogP contribution in [-0.4, -0.2) is 5.78 Å². The normalized spacial score (nSPS) is 48.6. The van der Waals surface area contributed by atoms with Crippen molar-refractivity contribution in [2.45, 2.75) is 25.7 Å². The fraction of sp³-hybridized carbons (Fsp3) is 0.667. The Kier molecular flexibility index (Phi) is 0.627. The van der Waals surface area contributed by atoms with E-state index in [1.807, 2.05) is 6.08 Å². The van der Waals surface area contributed by atoms with Crippen LogP contribution in [0.1, 0.15) is 25.7 Å². The third kappa shape index (κ3) is 0.377. The van der Waals surface area contributed by atoms with E-state index in [1.165, 1.54) is 24.8 Å². The fourth-order valence-electron chi connectivity index (χ4n) is 2.83. The van der Waals surface area contributed by atoms with Crippen molar-refractivity contribution in [3.05, 3.63) is 11.6 Å². The second-order valence-electron chi connectivity index (χ2n) is 3.91. The first-order valence-corrected chi connectivity index (χ1v) is 4.05. The molecule has 0 aliphatic heterocycles. The van der Waals surface area contributed by atoms with Crippen LogP contribution in [0.2, 0.25) is 0 Å². The molecule has 1 spiro atoms. The van der Waals surface area contributed by atoms with E-state index in [1.54, 1.807) is 0 Å². The Morgan fingerprint density at radius 2 is 2.50 bits per heavy atom. The van der Waals surface area contributed by atoms with Gasteiger partial charge in [-0.25, -0.2) is 0 Å². The number of hydrogen-bond acceptors (Lipinski definition) is 1. The smallest absolute Gasteiger partial charge is 0.156 e. The van der Waals surface area contributed by atoms with Gasteiger partial charge in [-0.2, -0.15) is 0 Å². The zero-order valence-corrected chi connectivity index (χ0v) is 5.89. The Balaban J connectivity index is 2.12. The Hall–Kier alpha value is -0.590. The lowest BCUT2D eigenvalue weighted by Crippen LogP contribution is -1.98. The molecule has 2 fully saturated rings. The zero-order chi connectivity index (χ0) is 6.77. The molecule has 10 heavy (non-hydrogen) atoms. The largest absolute Gasteiger partial charge is 0.295 e. The average molecular weight is 134 g/mol. The van der Waals surface area contributed by atoms with E-state index in [4.69, 9.17) is 0 Å². The average Bonchev–Trinajstić information content (AvgIpc) is 2.28. The Labute approximate surface area is 60.1 Å². The first kappa shape index (κ1) is 5.11. The molecule has 0 heterocycles. The number of allylic oxidation sites excluding steroid dienone is 2. The van der Waals surface area contributed by atoms with Gasteiger partial charge >= 0.3 is 0 Å². The van der Waals surface area contributed by atoms with Crippen LogP contribution in [0, 0.1) is 11.3 Å². The number of rotatable bonds is 0. The summed E-state index contributed by atoms with van der Waals surface area (Å²) in [7, 11) is 0. The molecular weight excluding hydrogens is 124 g/mol. The SMILES string of the molecule is O=C1C=C2CCC3CC23C1. The molecule has 0 aromatic heterocycles. The van der Waals surface area contributed by atoms with Crippen LogP contribution >= 0.6 is 0 Å². The summed E-state index contributed by atoms with van der Waals surface area (Å²) in [6.07, 6.45) is 6.67. The standard InChI is InChI=1S/C9H10O/c10-8-3-6-1-2-7-4-9(6,7)5-8/h3,7H,1-2,4-5H2. The maximum atomic E-state index is 11.0. The van der Waals surface area contributed by atoms with Crippen LogP contribution in [0.5, 0.6) is 0 Å². The third-order valence-electron chi connectivity index (χ3n) is 3.46. The maximum Gasteiger partial charge on any atom is 0.156 e. The van der Waals surface area contributed by atoms with Crippen molar-refractivity contribution in [3.63, 3.8) is 0 Å². The van der Waals surface area contributed by atoms with Crippen LogP contribution in [0.25, 0.3) is 0 Å². The molecule has 0 amide bonds. The maximum absolute atomic E-state index is 11.0. The van der Waals surface area contributed by atoms with Gasteiger partial charge in [-0.05, 0) is 31.3 Å². The summed E-state index contributed by atoms with van der Waals surface area (Å²) < 4.78 is 0. The topological polar surface area (TPSA) is 17.1 Å². The minimum absolute atomic E-state index is 0.386. The summed E-state index contributed by atoms with van der Waals surface area (Å²) in [5.41, 5.74) is 1.94. The molecule has 0 radical (unpaired) electrons. The Morgan fingerprint density at radius 1 is 1.60 bits per heavy atom. The monoisotopic (exact) mass is 134 g/mol. The molecule has 0 aromatic carbocycles. The first-order valence-electron chi connectivity index (χ1n) is 4.05. The molecule has 1 nitrogen and oxygen atoms in total. The lowest BCUT2D eigenvalue weighted by atomic mass is 10.0. The molecule has 0 bridgehead atoms. The van der Waals surface area contributed by atoms with E-state index in [0.29, 0.717) is 11.2 Å². The minimum Gasteiger partial charge on any atom is -0.295 e. The number of carbonyl (C=O) groups is 1. The lowest BCUT2D eigenvalue weighted by Gasteiger charge is -2.03. The predicted octanol–water partition coefficient (Wildman–Crippen LogP) is 1.69. The minimum atomic E-state index is 0.386. The highest BCUT2D eigenvalue weighted by atomic mass is 16.1. The molecule has 3 rings (SSSR count). The molecule has 2 saturated carbocycles. The van der Waals surface area contributed by atoms with Crippen molar-refractivity contribution < 1.29 is 4.79 Å². The fourth-order valence-corrected chi connectivity index (χ4v) is 2.83. The Bertz CT molecular complexity index is 251. The van der Waals surface area contributed by atoms with Gasteiger partial charge in [0.2, 0.25) is 0 Å². The van der Waals surface area contributed by atoms with Crippen molar-refractivity contribution in [1.82, 2.24) is 0 Å². The van der Waals surface area contributed by atoms with Gasteiger partial charge < -0.3 is 0 Å². The van der Waals surface area contributed by atoms with Gasteiger partial charge in [0.05, 0.1) is 0 Å². The third-order valence-corrected chi connectivity index (χ3v) is 3.46. The molecule has 1 heteroatoms. The second-order valence-corrected chi connectivity index (χ2v) is 3.91.